The standard InChI is InChI=1S/C27H27NO3.ClHO4/c1-18-5-9-21(10-6-18)26-17-23(22-15-19(2)7-11-24(22)31-26)28-14-13-20-8-12-25(29-3)27(16-20)30-4;2-1(3,4)5/h5-12,15-17H,13-14H2,1-4H3;(H,2,3,4,5). The van der Waals surface area contributed by atoms with Crippen LogP contribution in [0.25, 0.3) is 22.3 Å². The Labute approximate surface area is 211 Å². The van der Waals surface area contributed by atoms with Gasteiger partial charge in [0.05, 0.1) is 25.7 Å². The van der Waals surface area contributed by atoms with Gasteiger partial charge in [-0.15, -0.1) is 10.2 Å². The molecule has 0 aliphatic carbocycles. The van der Waals surface area contributed by atoms with E-state index in [4.69, 9.17) is 32.5 Å². The molecule has 0 fully saturated rings. The van der Waals surface area contributed by atoms with Gasteiger partial charge in [0.25, 0.3) is 0 Å². The molecule has 1 heterocycles. The van der Waals surface area contributed by atoms with Crippen molar-refractivity contribution in [1.29, 1.82) is 0 Å². The largest absolute Gasteiger partial charge is 0.493 e. The highest BCUT2D eigenvalue weighted by Crippen LogP contribution is 2.27. The SMILES string of the molecule is COc1ccc(CC[NH+]=c2cc(-c3ccc(C)cc3)oc3ccc(C)cc23)cc1OC.[O-][Cl+3]([O-])([O-])[O-]. The van der Waals surface area contributed by atoms with Crippen molar-refractivity contribution in [3.05, 3.63) is 88.8 Å². The third-order valence-electron chi connectivity index (χ3n) is 5.43. The lowest BCUT2D eigenvalue weighted by atomic mass is 10.1. The summed E-state index contributed by atoms with van der Waals surface area (Å²) in [6, 6.07) is 22.8. The van der Waals surface area contributed by atoms with E-state index in [1.54, 1.807) is 14.2 Å². The van der Waals surface area contributed by atoms with Gasteiger partial charge in [0.2, 0.25) is 5.36 Å². The summed E-state index contributed by atoms with van der Waals surface area (Å²) in [5.74, 6) is 2.35. The minimum absolute atomic E-state index is 0.744. The number of aryl methyl sites for hydroxylation is 2. The van der Waals surface area contributed by atoms with Gasteiger partial charge in [0.15, 0.2) is 11.5 Å². The van der Waals surface area contributed by atoms with Crippen LogP contribution in [0.2, 0.25) is 0 Å². The maximum Gasteiger partial charge on any atom is 0.213 e. The minimum atomic E-state index is -4.94. The van der Waals surface area contributed by atoms with Crippen LogP contribution in [0.15, 0.2) is 71.1 Å². The zero-order valence-electron chi connectivity index (χ0n) is 20.5. The van der Waals surface area contributed by atoms with Crippen LogP contribution in [0.1, 0.15) is 16.7 Å². The van der Waals surface area contributed by atoms with E-state index < -0.39 is 10.2 Å². The van der Waals surface area contributed by atoms with Crippen molar-refractivity contribution in [3.63, 3.8) is 0 Å². The molecule has 0 radical (unpaired) electrons. The Morgan fingerprint density at radius 2 is 1.42 bits per heavy atom. The Bertz CT molecular complexity index is 1370. The molecule has 0 amide bonds. The third kappa shape index (κ3) is 7.81. The lowest BCUT2D eigenvalue weighted by molar-refractivity contribution is -2.00. The molecule has 0 saturated carbocycles. The number of rotatable bonds is 6. The zero-order valence-corrected chi connectivity index (χ0v) is 21.3. The van der Waals surface area contributed by atoms with Crippen LogP contribution in [0.3, 0.4) is 0 Å². The highest BCUT2D eigenvalue weighted by Gasteiger charge is 2.10. The van der Waals surface area contributed by atoms with Crippen molar-refractivity contribution < 1.29 is 47.8 Å². The second kappa shape index (κ2) is 12.0. The first-order chi connectivity index (χ1) is 17.1. The lowest BCUT2D eigenvalue weighted by Crippen LogP contribution is -2.77. The van der Waals surface area contributed by atoms with E-state index in [9.17, 15) is 0 Å². The minimum Gasteiger partial charge on any atom is -0.493 e. The fourth-order valence-corrected chi connectivity index (χ4v) is 3.68. The molecule has 1 N–H and O–H groups in total. The highest BCUT2D eigenvalue weighted by atomic mass is 35.7. The molecule has 8 nitrogen and oxygen atoms in total. The van der Waals surface area contributed by atoms with E-state index in [1.165, 1.54) is 16.7 Å². The summed E-state index contributed by atoms with van der Waals surface area (Å²) in [6.07, 6.45) is 0.861. The molecule has 0 atom stereocenters. The molecule has 0 spiro atoms. The zero-order chi connectivity index (χ0) is 26.3. The van der Waals surface area contributed by atoms with E-state index in [2.05, 4.69) is 67.4 Å². The predicted molar refractivity (Wildman–Crippen MR) is 123 cm³/mol. The van der Waals surface area contributed by atoms with Crippen LogP contribution in [0.5, 0.6) is 11.5 Å². The van der Waals surface area contributed by atoms with Gasteiger partial charge < -0.3 is 13.9 Å². The van der Waals surface area contributed by atoms with Crippen molar-refractivity contribution in [2.24, 2.45) is 0 Å². The van der Waals surface area contributed by atoms with Crippen LogP contribution in [-0.2, 0) is 6.42 Å². The molecule has 4 rings (SSSR count). The Kier molecular flexibility index (Phi) is 9.08. The van der Waals surface area contributed by atoms with Gasteiger partial charge >= 0.3 is 0 Å². The smallest absolute Gasteiger partial charge is 0.213 e. The fraction of sp³-hybridized carbons (Fsp3) is 0.222. The van der Waals surface area contributed by atoms with Gasteiger partial charge in [-0.1, -0.05) is 47.5 Å². The van der Waals surface area contributed by atoms with E-state index in [-0.39, 0.29) is 0 Å². The van der Waals surface area contributed by atoms with Gasteiger partial charge in [0, 0.05) is 12.0 Å². The maximum absolute atomic E-state index is 8.49. The molecule has 0 unspecified atom stereocenters. The number of benzene rings is 3. The van der Waals surface area contributed by atoms with Crippen molar-refractivity contribution >= 4 is 11.0 Å². The van der Waals surface area contributed by atoms with Gasteiger partial charge in [0.1, 0.15) is 17.9 Å². The summed E-state index contributed by atoms with van der Waals surface area (Å²) in [7, 11) is -1.63. The second-order valence-electron chi connectivity index (χ2n) is 8.13. The van der Waals surface area contributed by atoms with E-state index in [1.807, 2.05) is 18.2 Å². The average molecular weight is 514 g/mol. The number of methoxy groups -OCH3 is 2. The maximum atomic E-state index is 8.49. The van der Waals surface area contributed by atoms with Gasteiger partial charge in [-0.3, -0.25) is 0 Å². The number of hydrogen-bond acceptors (Lipinski definition) is 7. The molecule has 190 valence electrons. The number of nitrogens with one attached hydrogen (secondary N) is 1. The molecule has 36 heavy (non-hydrogen) atoms. The normalized spacial score (nSPS) is 11.7. The van der Waals surface area contributed by atoms with E-state index >= 15 is 0 Å². The first kappa shape index (κ1) is 27.2. The summed E-state index contributed by atoms with van der Waals surface area (Å²) in [4.78, 5) is 3.62. The van der Waals surface area contributed by atoms with Gasteiger partial charge in [-0.05, 0) is 43.7 Å². The van der Waals surface area contributed by atoms with Crippen molar-refractivity contribution in [3.8, 4) is 22.8 Å². The van der Waals surface area contributed by atoms with Crippen LogP contribution >= 0.6 is 0 Å². The lowest BCUT2D eigenvalue weighted by Gasteiger charge is -2.17. The number of halogens is 1. The molecule has 4 aromatic rings. The molecule has 3 aromatic carbocycles. The Hall–Kier alpha value is -3.40. The molecule has 0 saturated heterocycles. The molecule has 9 heteroatoms. The van der Waals surface area contributed by atoms with Crippen molar-refractivity contribution in [2.45, 2.75) is 20.3 Å². The Morgan fingerprint density at radius 3 is 2.06 bits per heavy atom. The number of hydrogen-bond donors (Lipinski definition) is 1. The summed E-state index contributed by atoms with van der Waals surface area (Å²) in [5, 5.41) is 2.16. The Morgan fingerprint density at radius 1 is 0.778 bits per heavy atom. The summed E-state index contributed by atoms with van der Waals surface area (Å²) >= 11 is 0. The molecular weight excluding hydrogens is 486 g/mol. The molecule has 0 aliphatic heterocycles. The topological polar surface area (TPSA) is 138 Å². The van der Waals surface area contributed by atoms with Crippen LogP contribution in [0.4, 0.5) is 0 Å². The first-order valence-electron chi connectivity index (χ1n) is 11.1. The Balaban J connectivity index is 0.000000658. The highest BCUT2D eigenvalue weighted by molar-refractivity contribution is 5.78. The summed E-state index contributed by atoms with van der Waals surface area (Å²) in [6.45, 7) is 4.97. The van der Waals surface area contributed by atoms with E-state index in [0.29, 0.717) is 0 Å². The van der Waals surface area contributed by atoms with Crippen LogP contribution in [-0.4, -0.2) is 20.8 Å². The second-order valence-corrected chi connectivity index (χ2v) is 8.89. The number of ether oxygens (including phenoxy) is 2. The predicted octanol–water partition coefficient (Wildman–Crippen LogP) is -0.798. The molecule has 0 aliphatic rings. The van der Waals surface area contributed by atoms with Crippen molar-refractivity contribution in [1.82, 2.24) is 0 Å². The first-order valence-corrected chi connectivity index (χ1v) is 12.3. The van der Waals surface area contributed by atoms with Crippen LogP contribution in [0, 0.1) is 24.1 Å². The summed E-state index contributed by atoms with van der Waals surface area (Å²) < 4.78 is 51.0. The quantitative estimate of drug-likeness (QED) is 0.356. The van der Waals surface area contributed by atoms with Crippen molar-refractivity contribution in [2.75, 3.05) is 20.8 Å². The molecule has 0 bridgehead atoms. The molecule has 1 aromatic heterocycles. The average Bonchev–Trinajstić information content (AvgIpc) is 2.83. The fourth-order valence-electron chi connectivity index (χ4n) is 3.68. The third-order valence-corrected chi connectivity index (χ3v) is 5.43. The van der Waals surface area contributed by atoms with Crippen LogP contribution < -0.4 is 38.5 Å². The summed E-state index contributed by atoms with van der Waals surface area (Å²) in [5.41, 5.74) is 5.56. The number of fused-ring (bicyclic) bond motifs is 1. The molecular formula is C27H28ClNO7. The van der Waals surface area contributed by atoms with E-state index in [0.717, 1.165) is 52.1 Å². The monoisotopic (exact) mass is 513 g/mol. The van der Waals surface area contributed by atoms with Gasteiger partial charge in [-0.2, -0.15) is 0 Å². The van der Waals surface area contributed by atoms with Gasteiger partial charge in [-0.25, -0.2) is 23.6 Å².